The molecule has 0 aliphatic carbocycles. The topological polar surface area (TPSA) is 80.7 Å². The molecule has 5 nitrogen and oxygen atoms in total. The predicted octanol–water partition coefficient (Wildman–Crippen LogP) is 0.443. The Hall–Kier alpha value is -0.620. The minimum Gasteiger partial charge on any atom is -0.480 e. The minimum atomic E-state index is -3.64. The van der Waals surface area contributed by atoms with Gasteiger partial charge < -0.3 is 9.84 Å². The first-order valence-corrected chi connectivity index (χ1v) is 6.44. The lowest BCUT2D eigenvalue weighted by atomic mass is 9.99. The minimum absolute atomic E-state index is 0.0445. The number of carbonyl (C=O) groups is 1. The number of sulfone groups is 1. The van der Waals surface area contributed by atoms with E-state index in [-0.39, 0.29) is 26.1 Å². The molecule has 1 N–H and O–H groups in total. The van der Waals surface area contributed by atoms with Gasteiger partial charge in [0.1, 0.15) is 0 Å². The molecule has 0 bridgehead atoms. The van der Waals surface area contributed by atoms with Crippen molar-refractivity contribution >= 4 is 15.8 Å². The van der Waals surface area contributed by atoms with Crippen LogP contribution in [0.5, 0.6) is 0 Å². The van der Waals surface area contributed by atoms with Crippen molar-refractivity contribution in [3.05, 3.63) is 0 Å². The van der Waals surface area contributed by atoms with Crippen molar-refractivity contribution < 1.29 is 23.1 Å². The van der Waals surface area contributed by atoms with Gasteiger partial charge in [0.2, 0.25) is 0 Å². The molecule has 6 heteroatoms. The molecule has 0 aromatic heterocycles. The molecule has 1 rings (SSSR count). The van der Waals surface area contributed by atoms with Crippen LogP contribution in [0.3, 0.4) is 0 Å². The monoisotopic (exact) mass is 236 g/mol. The molecule has 0 aromatic rings. The van der Waals surface area contributed by atoms with Crippen molar-refractivity contribution in [3.8, 4) is 0 Å². The van der Waals surface area contributed by atoms with E-state index in [1.807, 2.05) is 0 Å². The Kier molecular flexibility index (Phi) is 3.40. The summed E-state index contributed by atoms with van der Waals surface area (Å²) >= 11 is 0. The highest BCUT2D eigenvalue weighted by Crippen LogP contribution is 2.33. The van der Waals surface area contributed by atoms with Crippen LogP contribution in [-0.2, 0) is 19.4 Å². The summed E-state index contributed by atoms with van der Waals surface area (Å²) in [5.74, 6) is -1.25. The Morgan fingerprint density at radius 1 is 1.33 bits per heavy atom. The van der Waals surface area contributed by atoms with Crippen molar-refractivity contribution in [3.63, 3.8) is 0 Å². The van der Waals surface area contributed by atoms with Crippen molar-refractivity contribution in [2.24, 2.45) is 0 Å². The van der Waals surface area contributed by atoms with Crippen LogP contribution in [-0.4, -0.2) is 42.7 Å². The van der Waals surface area contributed by atoms with Gasteiger partial charge in [-0.1, -0.05) is 0 Å². The average molecular weight is 236 g/mol. The summed E-state index contributed by atoms with van der Waals surface area (Å²) in [6.45, 7) is 3.40. The lowest BCUT2D eigenvalue weighted by Crippen LogP contribution is -2.53. The Balaban J connectivity index is 3.17. The third-order valence-electron chi connectivity index (χ3n) is 2.86. The van der Waals surface area contributed by atoms with Crippen LogP contribution in [0.15, 0.2) is 0 Å². The average Bonchev–Trinajstić information content (AvgIpc) is 2.18. The van der Waals surface area contributed by atoms with Crippen LogP contribution in [0.2, 0.25) is 0 Å². The fraction of sp³-hybridized carbons (Fsp3) is 0.889. The Morgan fingerprint density at radius 2 is 1.80 bits per heavy atom. The van der Waals surface area contributed by atoms with Crippen LogP contribution < -0.4 is 0 Å². The molecule has 0 amide bonds. The number of carboxylic acid groups (broad SMARTS) is 1. The van der Waals surface area contributed by atoms with Gasteiger partial charge in [0.25, 0.3) is 0 Å². The summed E-state index contributed by atoms with van der Waals surface area (Å²) in [6, 6.07) is 0. The molecule has 1 fully saturated rings. The van der Waals surface area contributed by atoms with E-state index in [9.17, 15) is 13.2 Å². The highest BCUT2D eigenvalue weighted by atomic mass is 32.2. The molecule has 1 aliphatic rings. The lowest BCUT2D eigenvalue weighted by Gasteiger charge is -2.33. The quantitative estimate of drug-likeness (QED) is 0.769. The third kappa shape index (κ3) is 1.88. The highest BCUT2D eigenvalue weighted by Gasteiger charge is 2.52. The van der Waals surface area contributed by atoms with Gasteiger partial charge in [-0.3, -0.25) is 4.79 Å². The Bertz CT molecular complexity index is 338. The summed E-state index contributed by atoms with van der Waals surface area (Å²) in [6.07, 6.45) is 0.0890. The third-order valence-corrected chi connectivity index (χ3v) is 5.77. The normalized spacial score (nSPS) is 21.5. The van der Waals surface area contributed by atoms with E-state index in [0.29, 0.717) is 0 Å². The molecule has 88 valence electrons. The number of ether oxygens (including phenoxy) is 1. The van der Waals surface area contributed by atoms with E-state index < -0.39 is 25.8 Å². The molecule has 15 heavy (non-hydrogen) atoms. The number of carboxylic acids is 1. The van der Waals surface area contributed by atoms with E-state index in [4.69, 9.17) is 9.84 Å². The maximum atomic E-state index is 12.0. The standard InChI is InChI=1S/C9H16O5S/c1-7(2)15(12,13)9(8(10)11)3-5-14-6-4-9/h7H,3-6H2,1-2H3,(H,10,11). The maximum absolute atomic E-state index is 12.0. The van der Waals surface area contributed by atoms with Gasteiger partial charge >= 0.3 is 5.97 Å². The molecule has 1 heterocycles. The molecule has 0 spiro atoms. The smallest absolute Gasteiger partial charge is 0.325 e. The first-order chi connectivity index (χ1) is 6.84. The molecule has 0 unspecified atom stereocenters. The van der Waals surface area contributed by atoms with E-state index in [2.05, 4.69) is 0 Å². The van der Waals surface area contributed by atoms with Gasteiger partial charge in [-0.15, -0.1) is 0 Å². The first kappa shape index (κ1) is 12.4. The summed E-state index contributed by atoms with van der Waals surface area (Å²) in [7, 11) is -3.64. The number of hydrogen-bond acceptors (Lipinski definition) is 4. The van der Waals surface area contributed by atoms with Crippen molar-refractivity contribution in [1.29, 1.82) is 0 Å². The second-order valence-electron chi connectivity index (χ2n) is 4.01. The van der Waals surface area contributed by atoms with Gasteiger partial charge in [0.15, 0.2) is 14.6 Å². The van der Waals surface area contributed by atoms with E-state index >= 15 is 0 Å². The number of aliphatic carboxylic acids is 1. The molecule has 0 aromatic carbocycles. The molecule has 1 saturated heterocycles. The van der Waals surface area contributed by atoms with Gasteiger partial charge in [0.05, 0.1) is 5.25 Å². The van der Waals surface area contributed by atoms with Crippen molar-refractivity contribution in [2.45, 2.75) is 36.7 Å². The van der Waals surface area contributed by atoms with Gasteiger partial charge in [-0.2, -0.15) is 0 Å². The summed E-state index contributed by atoms with van der Waals surface area (Å²) in [4.78, 5) is 11.2. The van der Waals surface area contributed by atoms with Crippen molar-refractivity contribution in [2.75, 3.05) is 13.2 Å². The molecular formula is C9H16O5S. The van der Waals surface area contributed by atoms with Crippen LogP contribution in [0.1, 0.15) is 26.7 Å². The largest absolute Gasteiger partial charge is 0.480 e. The van der Waals surface area contributed by atoms with Gasteiger partial charge in [-0.05, 0) is 13.8 Å². The van der Waals surface area contributed by atoms with Crippen LogP contribution in [0.4, 0.5) is 0 Å². The molecule has 0 saturated carbocycles. The fourth-order valence-electron chi connectivity index (χ4n) is 1.77. The predicted molar refractivity (Wildman–Crippen MR) is 54.5 cm³/mol. The van der Waals surface area contributed by atoms with Gasteiger partial charge in [0, 0.05) is 26.1 Å². The number of hydrogen-bond donors (Lipinski definition) is 1. The van der Waals surface area contributed by atoms with Gasteiger partial charge in [-0.25, -0.2) is 8.42 Å². The molecule has 0 atom stereocenters. The van der Waals surface area contributed by atoms with Crippen LogP contribution >= 0.6 is 0 Å². The zero-order valence-electron chi connectivity index (χ0n) is 8.89. The second kappa shape index (κ2) is 4.09. The maximum Gasteiger partial charge on any atom is 0.325 e. The van der Waals surface area contributed by atoms with Crippen LogP contribution in [0, 0.1) is 0 Å². The lowest BCUT2D eigenvalue weighted by molar-refractivity contribution is -0.142. The first-order valence-electron chi connectivity index (χ1n) is 4.89. The fourth-order valence-corrected chi connectivity index (χ4v) is 3.65. The zero-order valence-corrected chi connectivity index (χ0v) is 9.71. The zero-order chi connectivity index (χ0) is 11.7. The summed E-state index contributed by atoms with van der Waals surface area (Å²) in [5.41, 5.74) is 0. The SMILES string of the molecule is CC(C)S(=O)(=O)C1(C(=O)O)CCOCC1. The number of rotatable bonds is 3. The second-order valence-corrected chi connectivity index (χ2v) is 6.82. The van der Waals surface area contributed by atoms with E-state index in [1.54, 1.807) is 0 Å². The highest BCUT2D eigenvalue weighted by molar-refractivity contribution is 7.94. The molecule has 1 aliphatic heterocycles. The van der Waals surface area contributed by atoms with Crippen molar-refractivity contribution in [1.82, 2.24) is 0 Å². The molecule has 0 radical (unpaired) electrons. The van der Waals surface area contributed by atoms with Crippen LogP contribution in [0.25, 0.3) is 0 Å². The Morgan fingerprint density at radius 3 is 2.13 bits per heavy atom. The summed E-state index contributed by atoms with van der Waals surface area (Å²) < 4.78 is 27.4. The Labute approximate surface area is 89.3 Å². The molecular weight excluding hydrogens is 220 g/mol. The van der Waals surface area contributed by atoms with E-state index in [0.717, 1.165) is 0 Å². The summed E-state index contributed by atoms with van der Waals surface area (Å²) in [5, 5.41) is 8.46. The van der Waals surface area contributed by atoms with E-state index in [1.165, 1.54) is 13.8 Å².